The molecule has 1 heterocycles. The molecule has 308 valence electrons. The van der Waals surface area contributed by atoms with E-state index in [2.05, 4.69) is 112 Å². The predicted molar refractivity (Wildman–Crippen MR) is 262 cm³/mol. The quantitative estimate of drug-likeness (QED) is 0.102. The van der Waals surface area contributed by atoms with Gasteiger partial charge in [0.2, 0.25) is 0 Å². The van der Waals surface area contributed by atoms with E-state index < -0.39 is 0 Å². The molecule has 6 aromatic carbocycles. The van der Waals surface area contributed by atoms with Crippen molar-refractivity contribution in [2.75, 3.05) is 9.80 Å². The van der Waals surface area contributed by atoms with Gasteiger partial charge in [0.05, 0.1) is 12.6 Å². The number of hydrogen-bond acceptors (Lipinski definition) is 4. The Morgan fingerprint density at radius 3 is 0.984 bits per heavy atom. The van der Waals surface area contributed by atoms with Gasteiger partial charge in [0.15, 0.2) is 0 Å². The second-order valence-corrected chi connectivity index (χ2v) is 12.1. The van der Waals surface area contributed by atoms with Crippen molar-refractivity contribution in [2.45, 2.75) is 55.4 Å². The maximum atomic E-state index is 9.67. The zero-order valence-electron chi connectivity index (χ0n) is 36.8. The summed E-state index contributed by atoms with van der Waals surface area (Å²) in [6.45, 7) is 23.6. The Hall–Kier alpha value is -7.60. The Morgan fingerprint density at radius 1 is 0.443 bits per heavy atom. The smallest absolute Gasteiger partial charge is 0.269 e. The fourth-order valence-corrected chi connectivity index (χ4v) is 6.03. The molecule has 0 fully saturated rings. The second-order valence-electron chi connectivity index (χ2n) is 12.1. The van der Waals surface area contributed by atoms with Crippen molar-refractivity contribution >= 4 is 46.3 Å². The maximum Gasteiger partial charge on any atom is 0.269 e. The molecule has 0 saturated heterocycles. The van der Waals surface area contributed by atoms with Gasteiger partial charge in [0.25, 0.3) is 5.70 Å². The van der Waals surface area contributed by atoms with Crippen LogP contribution in [0.4, 0.5) is 34.1 Å². The van der Waals surface area contributed by atoms with Crippen LogP contribution in [0.5, 0.6) is 0 Å². The van der Waals surface area contributed by atoms with Gasteiger partial charge in [-0.05, 0) is 114 Å². The number of allylic oxidation sites excluding steroid dienone is 6. The van der Waals surface area contributed by atoms with Crippen LogP contribution in [0.3, 0.4) is 0 Å². The van der Waals surface area contributed by atoms with Crippen molar-refractivity contribution in [3.05, 3.63) is 239 Å². The summed E-state index contributed by atoms with van der Waals surface area (Å²) >= 11 is 0. The summed E-state index contributed by atoms with van der Waals surface area (Å²) in [7, 11) is 0. The van der Waals surface area contributed by atoms with Crippen LogP contribution in [0.1, 0.15) is 66.5 Å². The Morgan fingerprint density at radius 2 is 0.721 bits per heavy atom. The van der Waals surface area contributed by atoms with Gasteiger partial charge in [-0.2, -0.15) is 0 Å². The minimum Gasteiger partial charge on any atom is -0.457 e. The highest BCUT2D eigenvalue weighted by Gasteiger charge is 2.14. The monoisotopic (exact) mass is 802 g/mol. The van der Waals surface area contributed by atoms with Crippen molar-refractivity contribution < 1.29 is 4.74 Å². The molecule has 0 atom stereocenters. The van der Waals surface area contributed by atoms with Crippen LogP contribution in [-0.2, 0) is 4.74 Å². The van der Waals surface area contributed by atoms with Crippen molar-refractivity contribution in [1.82, 2.24) is 0 Å². The first-order chi connectivity index (χ1) is 30.2. The number of anilines is 6. The first kappa shape index (κ1) is 47.8. The van der Waals surface area contributed by atoms with E-state index >= 15 is 0 Å². The molecule has 5 heteroatoms. The van der Waals surface area contributed by atoms with Crippen molar-refractivity contribution in [3.8, 4) is 6.07 Å². The van der Waals surface area contributed by atoms with E-state index in [-0.39, 0.29) is 5.70 Å². The third-order valence-electron chi connectivity index (χ3n) is 8.56. The molecule has 0 aromatic heterocycles. The lowest BCUT2D eigenvalue weighted by atomic mass is 10.1. The Kier molecular flexibility index (Phi) is 21.3. The summed E-state index contributed by atoms with van der Waals surface area (Å²) in [5.41, 5.74) is 8.79. The molecule has 1 aliphatic heterocycles. The lowest BCUT2D eigenvalue weighted by molar-refractivity contribution is 0.332. The molecule has 0 bridgehead atoms. The van der Waals surface area contributed by atoms with Gasteiger partial charge in [-0.3, -0.25) is 0 Å². The van der Waals surface area contributed by atoms with E-state index in [1.165, 1.54) is 0 Å². The first-order valence-electron chi connectivity index (χ1n) is 21.2. The zero-order valence-corrected chi connectivity index (χ0v) is 36.8. The normalized spacial score (nSPS) is 11.1. The summed E-state index contributed by atoms with van der Waals surface area (Å²) in [4.78, 5) is 7.88. The van der Waals surface area contributed by atoms with E-state index in [0.717, 1.165) is 45.3 Å². The highest BCUT2D eigenvalue weighted by Crippen LogP contribution is 2.36. The van der Waals surface area contributed by atoms with Gasteiger partial charge in [-0.1, -0.05) is 165 Å². The molecule has 61 heavy (non-hydrogen) atoms. The summed E-state index contributed by atoms with van der Waals surface area (Å²) in [5, 5.41) is 9.67. The fourth-order valence-electron chi connectivity index (χ4n) is 6.03. The molecule has 0 amide bonds. The largest absolute Gasteiger partial charge is 0.457 e. The first-order valence-corrected chi connectivity index (χ1v) is 21.2. The topological polar surface area (TPSA) is 43.9 Å². The molecule has 7 rings (SSSR count). The molecular formula is C56H58N4O. The third-order valence-corrected chi connectivity index (χ3v) is 8.56. The van der Waals surface area contributed by atoms with Crippen LogP contribution in [0, 0.1) is 17.9 Å². The molecule has 0 aliphatic carbocycles. The zero-order chi connectivity index (χ0) is 44.2. The lowest BCUT2D eigenvalue weighted by Crippen LogP contribution is -2.09. The summed E-state index contributed by atoms with van der Waals surface area (Å²) in [6, 6.07) is 59.7. The average Bonchev–Trinajstić information content (AvgIpc) is 3.35. The fraction of sp³-hybridized carbons (Fsp3) is 0.143. The summed E-state index contributed by atoms with van der Waals surface area (Å²) < 4.78 is 6.24. The van der Waals surface area contributed by atoms with E-state index in [1.807, 2.05) is 159 Å². The number of nitriles is 1. The average molecular weight is 803 g/mol. The van der Waals surface area contributed by atoms with Crippen LogP contribution in [-0.4, -0.2) is 0 Å². The Bertz CT molecular complexity index is 2150. The highest BCUT2D eigenvalue weighted by atomic mass is 16.5. The molecule has 5 nitrogen and oxygen atoms in total. The number of ether oxygens (including phenoxy) is 1. The predicted octanol–water partition coefficient (Wildman–Crippen LogP) is 17.0. The SMILES string of the molecule is CC.CC.CC.CC.[C-]#[N+]C(C#N)=C1C=C(/C=C/c2ccc(N(c3ccccc3)c3ccccc3)cc2)OC(/C=C/c2ccc(N(c3ccccc3)c3ccccc3)cc2)=C1. The van der Waals surface area contributed by atoms with Crippen LogP contribution < -0.4 is 9.80 Å². The molecule has 0 unspecified atom stereocenters. The van der Waals surface area contributed by atoms with Crippen LogP contribution in [0.25, 0.3) is 17.0 Å². The van der Waals surface area contributed by atoms with Crippen LogP contribution in [0.2, 0.25) is 0 Å². The third kappa shape index (κ3) is 13.7. The number of para-hydroxylation sites is 4. The van der Waals surface area contributed by atoms with E-state index in [1.54, 1.807) is 12.2 Å². The van der Waals surface area contributed by atoms with E-state index in [9.17, 15) is 5.26 Å². The van der Waals surface area contributed by atoms with Crippen molar-refractivity contribution in [2.24, 2.45) is 0 Å². The molecular weight excluding hydrogens is 745 g/mol. The van der Waals surface area contributed by atoms with Gasteiger partial charge < -0.3 is 14.5 Å². The van der Waals surface area contributed by atoms with Crippen molar-refractivity contribution in [3.63, 3.8) is 0 Å². The van der Waals surface area contributed by atoms with Gasteiger partial charge in [-0.25, -0.2) is 10.1 Å². The maximum absolute atomic E-state index is 9.67. The number of hydrogen-bond donors (Lipinski definition) is 0. The summed E-state index contributed by atoms with van der Waals surface area (Å²) in [5.74, 6) is 1.05. The van der Waals surface area contributed by atoms with Crippen LogP contribution >= 0.6 is 0 Å². The van der Waals surface area contributed by atoms with Crippen molar-refractivity contribution in [1.29, 1.82) is 5.26 Å². The second kappa shape index (κ2) is 27.2. The minimum atomic E-state index is 0.00244. The Labute approximate surface area is 365 Å². The van der Waals surface area contributed by atoms with Crippen LogP contribution in [0.15, 0.2) is 217 Å². The molecule has 1 aliphatic rings. The summed E-state index contributed by atoms with van der Waals surface area (Å²) in [6.07, 6.45) is 11.1. The molecule has 0 saturated carbocycles. The number of benzene rings is 6. The van der Waals surface area contributed by atoms with Gasteiger partial charge >= 0.3 is 0 Å². The van der Waals surface area contributed by atoms with Gasteiger partial charge in [0, 0.05) is 34.1 Å². The molecule has 0 N–H and O–H groups in total. The lowest BCUT2D eigenvalue weighted by Gasteiger charge is -2.25. The standard InChI is InChI=1S/C48H34N4O.4C2H6/c1-50-48(36-49)39-34-46(32-26-37-22-28-44(29-23-37)51(40-14-6-2-7-15-40)41-16-8-3-9-17-41)53-47(35-39)33-27-38-24-30-45(31-25-38)52(42-18-10-4-11-19-42)43-20-12-5-13-21-43;4*1-2/h2-35H;4*1-2H3/b32-26+,33-27+;;;;. The van der Waals surface area contributed by atoms with E-state index in [0.29, 0.717) is 17.1 Å². The van der Waals surface area contributed by atoms with E-state index in [4.69, 9.17) is 11.3 Å². The number of nitrogens with zero attached hydrogens (tertiary/aromatic N) is 4. The highest BCUT2D eigenvalue weighted by molar-refractivity contribution is 5.78. The molecule has 0 spiro atoms. The Balaban J connectivity index is 0.00000117. The minimum absolute atomic E-state index is 0.00244. The number of rotatable bonds is 10. The van der Waals surface area contributed by atoms with Gasteiger partial charge in [0.1, 0.15) is 11.5 Å². The van der Waals surface area contributed by atoms with Gasteiger partial charge in [-0.15, -0.1) is 0 Å². The molecule has 6 aromatic rings. The molecule has 0 radical (unpaired) electrons.